The van der Waals surface area contributed by atoms with Gasteiger partial charge in [0, 0.05) is 18.8 Å². The smallest absolute Gasteiger partial charge is 0.102 e. The topological polar surface area (TPSA) is 29.9 Å². The lowest BCUT2D eigenvalue weighted by molar-refractivity contribution is 0.605. The van der Waals surface area contributed by atoms with Gasteiger partial charge in [0.15, 0.2) is 0 Å². The van der Waals surface area contributed by atoms with Crippen LogP contribution in [-0.2, 0) is 13.1 Å². The van der Waals surface area contributed by atoms with Crippen LogP contribution in [0.4, 0.5) is 0 Å². The first-order valence-corrected chi connectivity index (χ1v) is 5.04. The van der Waals surface area contributed by atoms with Crippen LogP contribution in [0, 0.1) is 11.8 Å². The zero-order valence-corrected chi connectivity index (χ0v) is 8.45. The lowest BCUT2D eigenvalue weighted by Gasteiger charge is -2.04. The van der Waals surface area contributed by atoms with Crippen LogP contribution in [0.1, 0.15) is 25.5 Å². The minimum absolute atomic E-state index is 0.700. The van der Waals surface area contributed by atoms with Crippen LogP contribution in [0.5, 0.6) is 0 Å². The molecule has 74 valence electrons. The Labute approximate surface area is 84.5 Å². The Morgan fingerprint density at radius 1 is 1.64 bits per heavy atom. The van der Waals surface area contributed by atoms with Crippen LogP contribution in [-0.4, -0.2) is 15.8 Å². The summed E-state index contributed by atoms with van der Waals surface area (Å²) in [4.78, 5) is 0. The van der Waals surface area contributed by atoms with E-state index in [1.54, 1.807) is 0 Å². The Balaban J connectivity index is 1.92. The summed E-state index contributed by atoms with van der Waals surface area (Å²) in [6.45, 7) is 3.47. The zero-order valence-electron chi connectivity index (χ0n) is 8.45. The van der Waals surface area contributed by atoms with E-state index < -0.39 is 0 Å². The van der Waals surface area contributed by atoms with Crippen LogP contribution < -0.4 is 5.32 Å². The quantitative estimate of drug-likeness (QED) is 0.720. The third-order valence-corrected chi connectivity index (χ3v) is 2.36. The minimum atomic E-state index is 0.700. The highest BCUT2D eigenvalue weighted by atomic mass is 15.3. The zero-order chi connectivity index (χ0) is 9.80. The second-order valence-corrected chi connectivity index (χ2v) is 3.56. The maximum atomic E-state index is 4.23. The van der Waals surface area contributed by atoms with Gasteiger partial charge in [-0.2, -0.15) is 5.10 Å². The molecule has 1 fully saturated rings. The maximum Gasteiger partial charge on any atom is 0.102 e. The average Bonchev–Trinajstić information content (AvgIpc) is 2.92. The fraction of sp³-hybridized carbons (Fsp3) is 0.545. The van der Waals surface area contributed by atoms with E-state index in [4.69, 9.17) is 0 Å². The first kappa shape index (κ1) is 9.29. The first-order chi connectivity index (χ1) is 6.90. The van der Waals surface area contributed by atoms with Crippen molar-refractivity contribution >= 4 is 0 Å². The van der Waals surface area contributed by atoms with Crippen molar-refractivity contribution in [3.05, 3.63) is 18.0 Å². The molecule has 1 aliphatic rings. The molecule has 14 heavy (non-hydrogen) atoms. The van der Waals surface area contributed by atoms with Crippen LogP contribution in [0.2, 0.25) is 0 Å². The van der Waals surface area contributed by atoms with E-state index in [1.807, 2.05) is 23.9 Å². The van der Waals surface area contributed by atoms with Gasteiger partial charge in [0.1, 0.15) is 6.54 Å². The van der Waals surface area contributed by atoms with E-state index in [0.29, 0.717) is 6.54 Å². The molecule has 0 spiro atoms. The Bertz CT molecular complexity index is 352. The van der Waals surface area contributed by atoms with Crippen LogP contribution >= 0.6 is 0 Å². The molecule has 0 amide bonds. The Kier molecular flexibility index (Phi) is 2.85. The summed E-state index contributed by atoms with van der Waals surface area (Å²) in [5, 5.41) is 7.69. The molecule has 0 atom stereocenters. The predicted molar refractivity (Wildman–Crippen MR) is 55.5 cm³/mol. The molecule has 0 unspecified atom stereocenters. The molecule has 3 nitrogen and oxygen atoms in total. The number of nitrogens with one attached hydrogen (secondary N) is 1. The minimum Gasteiger partial charge on any atom is -0.308 e. The van der Waals surface area contributed by atoms with Crippen molar-refractivity contribution in [1.82, 2.24) is 15.1 Å². The van der Waals surface area contributed by atoms with Crippen molar-refractivity contribution in [3.63, 3.8) is 0 Å². The third kappa shape index (κ3) is 2.36. The highest BCUT2D eigenvalue weighted by Gasteiger charge is 2.20. The molecule has 1 N–H and O–H groups in total. The van der Waals surface area contributed by atoms with Crippen molar-refractivity contribution < 1.29 is 0 Å². The average molecular weight is 189 g/mol. The maximum absolute atomic E-state index is 4.23. The molecule has 3 heteroatoms. The molecule has 1 saturated carbocycles. The second kappa shape index (κ2) is 4.30. The number of hydrogen-bond donors (Lipinski definition) is 1. The standard InChI is InChI=1S/C11H15N3/c1-2-3-8-14-11(6-7-13-14)9-12-10-4-5-10/h6-7,10,12H,4-5,8-9H2,1H3. The summed E-state index contributed by atoms with van der Waals surface area (Å²) in [6.07, 6.45) is 4.48. The highest BCUT2D eigenvalue weighted by molar-refractivity contribution is 5.05. The van der Waals surface area contributed by atoms with E-state index in [0.717, 1.165) is 12.6 Å². The monoisotopic (exact) mass is 189 g/mol. The van der Waals surface area contributed by atoms with E-state index in [2.05, 4.69) is 22.3 Å². The van der Waals surface area contributed by atoms with E-state index >= 15 is 0 Å². The van der Waals surface area contributed by atoms with Gasteiger partial charge in [-0.1, -0.05) is 5.92 Å². The number of nitrogens with zero attached hydrogens (tertiary/aromatic N) is 2. The SMILES string of the molecule is CC#CCn1nccc1CNC1CC1. The van der Waals surface area contributed by atoms with Crippen molar-refractivity contribution in [3.8, 4) is 11.8 Å². The molecular formula is C11H15N3. The highest BCUT2D eigenvalue weighted by Crippen LogP contribution is 2.19. The van der Waals surface area contributed by atoms with Crippen LogP contribution in [0.3, 0.4) is 0 Å². The fourth-order valence-electron chi connectivity index (χ4n) is 1.34. The van der Waals surface area contributed by atoms with Crippen molar-refractivity contribution in [2.24, 2.45) is 0 Å². The Morgan fingerprint density at radius 2 is 2.50 bits per heavy atom. The van der Waals surface area contributed by atoms with Crippen molar-refractivity contribution in [1.29, 1.82) is 0 Å². The van der Waals surface area contributed by atoms with Gasteiger partial charge in [-0.15, -0.1) is 5.92 Å². The van der Waals surface area contributed by atoms with Gasteiger partial charge in [0.2, 0.25) is 0 Å². The molecular weight excluding hydrogens is 174 g/mol. The molecule has 2 rings (SSSR count). The molecule has 0 bridgehead atoms. The van der Waals surface area contributed by atoms with Gasteiger partial charge in [0.25, 0.3) is 0 Å². The summed E-state index contributed by atoms with van der Waals surface area (Å²) in [7, 11) is 0. The summed E-state index contributed by atoms with van der Waals surface area (Å²) >= 11 is 0. The normalized spacial score (nSPS) is 14.9. The van der Waals surface area contributed by atoms with E-state index in [9.17, 15) is 0 Å². The number of aromatic nitrogens is 2. The fourth-order valence-corrected chi connectivity index (χ4v) is 1.34. The van der Waals surface area contributed by atoms with Crippen LogP contribution in [0.25, 0.3) is 0 Å². The second-order valence-electron chi connectivity index (χ2n) is 3.56. The first-order valence-electron chi connectivity index (χ1n) is 5.04. The summed E-state index contributed by atoms with van der Waals surface area (Å²) < 4.78 is 1.95. The molecule has 1 heterocycles. The summed E-state index contributed by atoms with van der Waals surface area (Å²) in [5.41, 5.74) is 1.22. The van der Waals surface area contributed by atoms with Gasteiger partial charge < -0.3 is 5.32 Å². The predicted octanol–water partition coefficient (Wildman–Crippen LogP) is 1.16. The molecule has 0 radical (unpaired) electrons. The van der Waals surface area contributed by atoms with Gasteiger partial charge >= 0.3 is 0 Å². The Hall–Kier alpha value is -1.27. The number of rotatable bonds is 4. The molecule has 1 aliphatic carbocycles. The van der Waals surface area contributed by atoms with E-state index in [1.165, 1.54) is 18.5 Å². The van der Waals surface area contributed by atoms with Crippen LogP contribution in [0.15, 0.2) is 12.3 Å². The third-order valence-electron chi connectivity index (χ3n) is 2.36. The Morgan fingerprint density at radius 3 is 3.21 bits per heavy atom. The molecule has 0 saturated heterocycles. The molecule has 1 aromatic rings. The lowest BCUT2D eigenvalue weighted by Crippen LogP contribution is -2.18. The van der Waals surface area contributed by atoms with Crippen molar-refractivity contribution in [2.75, 3.05) is 0 Å². The van der Waals surface area contributed by atoms with E-state index in [-0.39, 0.29) is 0 Å². The van der Waals surface area contributed by atoms with Gasteiger partial charge in [-0.25, -0.2) is 0 Å². The van der Waals surface area contributed by atoms with Crippen molar-refractivity contribution in [2.45, 2.75) is 38.9 Å². The van der Waals surface area contributed by atoms with Gasteiger partial charge in [-0.3, -0.25) is 4.68 Å². The largest absolute Gasteiger partial charge is 0.308 e. The molecule has 1 aromatic heterocycles. The molecule has 0 aromatic carbocycles. The summed E-state index contributed by atoms with van der Waals surface area (Å²) in [6, 6.07) is 2.79. The number of hydrogen-bond acceptors (Lipinski definition) is 2. The molecule has 0 aliphatic heterocycles. The van der Waals surface area contributed by atoms with Gasteiger partial charge in [-0.05, 0) is 25.8 Å². The lowest BCUT2D eigenvalue weighted by atomic mass is 10.4. The summed E-state index contributed by atoms with van der Waals surface area (Å²) in [5.74, 6) is 5.90. The van der Waals surface area contributed by atoms with Gasteiger partial charge in [0.05, 0.1) is 5.69 Å².